The lowest BCUT2D eigenvalue weighted by Crippen LogP contribution is -2.14. The first-order chi connectivity index (χ1) is 48.8. The summed E-state index contributed by atoms with van der Waals surface area (Å²) in [4.78, 5) is 17.4. The fourth-order valence-electron chi connectivity index (χ4n) is 18.1. The van der Waals surface area contributed by atoms with E-state index in [0.717, 1.165) is 98.9 Å². The smallest absolute Gasteiger partial charge is 0.240 e. The number of fused-ring (bicyclic) bond motifs is 19. The van der Waals surface area contributed by atoms with Crippen LogP contribution in [0.5, 0.6) is 0 Å². The lowest BCUT2D eigenvalue weighted by molar-refractivity contribution is 0.660. The van der Waals surface area contributed by atoms with Crippen LogP contribution < -0.4 is 0 Å². The second-order valence-corrected chi connectivity index (χ2v) is 29.5. The molecule has 0 saturated carbocycles. The minimum Gasteiger partial charge on any atom is -0.309 e. The maximum atomic E-state index is 5.80. The molecule has 0 amide bonds. The number of nitrogens with zero attached hydrogens (tertiary/aromatic N) is 6. The van der Waals surface area contributed by atoms with Gasteiger partial charge in [0.15, 0.2) is 5.82 Å². The molecule has 14 aromatic carbocycles. The van der Waals surface area contributed by atoms with Gasteiger partial charge in [-0.05, 0) is 172 Å². The average Bonchev–Trinajstić information content (AvgIpc) is 1.57. The monoisotopic (exact) mass is 1280 g/mol. The van der Waals surface area contributed by atoms with Crippen LogP contribution in [-0.2, 0) is 16.2 Å². The van der Waals surface area contributed by atoms with Crippen LogP contribution in [0.15, 0.2) is 291 Å². The van der Waals surface area contributed by atoms with E-state index >= 15 is 0 Å². The molecule has 100 heavy (non-hydrogen) atoms. The zero-order valence-corrected chi connectivity index (χ0v) is 56.4. The van der Waals surface area contributed by atoms with E-state index in [2.05, 4.69) is 346 Å². The summed E-state index contributed by atoms with van der Waals surface area (Å²) in [5.74, 6) is 1.62. The Morgan fingerprint density at radius 1 is 0.210 bits per heavy atom. The van der Waals surface area contributed by atoms with Crippen molar-refractivity contribution >= 4 is 76.2 Å². The fourth-order valence-corrected chi connectivity index (χ4v) is 18.1. The van der Waals surface area contributed by atoms with Crippen molar-refractivity contribution in [3.05, 3.63) is 325 Å². The molecule has 4 heterocycles. The number of para-hydroxylation sites is 3. The SMILES string of the molecule is CC1(C)c2ccccc2-c2ccc(-c3ccc4c5ccccc5n(-c5nc(-c6ccc(-n7c8ccccc8c8ccc(-c9ccc%10c(c9)C(C)(C)c9ccccc9-%10)cc87)c7ccccc67)nc(-n6c7ccccc7c7ccc(-c8ccc9c(c8)C(C)(C)c8ccccc8-9)cc76)n5)c4c3)cc21. The summed E-state index contributed by atoms with van der Waals surface area (Å²) >= 11 is 0. The van der Waals surface area contributed by atoms with Crippen LogP contribution in [0.2, 0.25) is 0 Å². The van der Waals surface area contributed by atoms with Crippen LogP contribution in [0, 0.1) is 0 Å². The van der Waals surface area contributed by atoms with Crippen molar-refractivity contribution in [3.8, 4) is 95.7 Å². The molecule has 0 saturated heterocycles. The molecule has 0 fully saturated rings. The lowest BCUT2D eigenvalue weighted by Gasteiger charge is -2.22. The molecular weight excluding hydrogens is 1210 g/mol. The summed E-state index contributed by atoms with van der Waals surface area (Å²) in [7, 11) is 0. The molecule has 0 atom stereocenters. The standard InChI is InChI=1S/C94H66N6/c1-92(2)76-29-15-9-22-62(76)65-41-35-55(49-79(65)92)58-38-44-72-69-26-12-18-32-82(69)98(86(72)52-58)85-48-47-75(61-21-7-8-25-68(61)85)89-95-90(99-83-33-19-13-27-70(83)73-45-39-59(53-87(73)99)56-36-42-66-63-23-10-16-30-77(63)93(3,4)80(66)50-56)97-91(96-89)100-84-34-20-14-28-71(84)74-46-40-60(54-88(74)100)57-37-43-67-64-24-11-17-31-78(64)94(5,6)81(67)51-57/h7-54H,1-6H3. The molecule has 0 aliphatic heterocycles. The largest absolute Gasteiger partial charge is 0.309 e. The Balaban J connectivity index is 0.784. The highest BCUT2D eigenvalue weighted by Crippen LogP contribution is 2.54. The van der Waals surface area contributed by atoms with Crippen molar-refractivity contribution in [3.63, 3.8) is 0 Å². The van der Waals surface area contributed by atoms with Crippen molar-refractivity contribution < 1.29 is 0 Å². The number of benzene rings is 14. The molecular formula is C94H66N6. The Bertz CT molecular complexity index is 6400. The first-order valence-corrected chi connectivity index (χ1v) is 35.0. The molecule has 21 rings (SSSR count). The van der Waals surface area contributed by atoms with Crippen LogP contribution in [0.25, 0.3) is 172 Å². The van der Waals surface area contributed by atoms with Crippen molar-refractivity contribution in [2.75, 3.05) is 0 Å². The second-order valence-electron chi connectivity index (χ2n) is 29.5. The molecule has 3 aliphatic rings. The topological polar surface area (TPSA) is 53.5 Å². The molecule has 0 bridgehead atoms. The van der Waals surface area contributed by atoms with E-state index in [4.69, 9.17) is 15.0 Å². The van der Waals surface area contributed by atoms with E-state index in [9.17, 15) is 0 Å². The minimum atomic E-state index is -0.152. The summed E-state index contributed by atoms with van der Waals surface area (Å²) in [5.41, 5.74) is 30.8. The zero-order chi connectivity index (χ0) is 66.7. The Kier molecular flexibility index (Phi) is 11.6. The van der Waals surface area contributed by atoms with Crippen molar-refractivity contribution in [2.45, 2.75) is 57.8 Å². The van der Waals surface area contributed by atoms with E-state index in [1.165, 1.54) is 88.7 Å². The van der Waals surface area contributed by atoms with Gasteiger partial charge in [-0.2, -0.15) is 15.0 Å². The Morgan fingerprint density at radius 2 is 0.500 bits per heavy atom. The van der Waals surface area contributed by atoms with Crippen LogP contribution >= 0.6 is 0 Å². The van der Waals surface area contributed by atoms with E-state index in [0.29, 0.717) is 17.7 Å². The third-order valence-corrected chi connectivity index (χ3v) is 23.2. The van der Waals surface area contributed by atoms with Crippen molar-refractivity contribution in [1.29, 1.82) is 0 Å². The molecule has 18 aromatic rings. The first-order valence-electron chi connectivity index (χ1n) is 35.0. The number of rotatable bonds is 7. The molecule has 0 N–H and O–H groups in total. The van der Waals surface area contributed by atoms with Gasteiger partial charge in [-0.1, -0.05) is 266 Å². The van der Waals surface area contributed by atoms with Gasteiger partial charge < -0.3 is 4.57 Å². The highest BCUT2D eigenvalue weighted by atomic mass is 15.3. The third kappa shape index (κ3) is 7.87. The van der Waals surface area contributed by atoms with Gasteiger partial charge in [0.25, 0.3) is 0 Å². The van der Waals surface area contributed by atoms with Crippen LogP contribution in [0.1, 0.15) is 74.9 Å². The van der Waals surface area contributed by atoms with Gasteiger partial charge >= 0.3 is 0 Å². The van der Waals surface area contributed by atoms with Gasteiger partial charge in [0, 0.05) is 59.5 Å². The minimum absolute atomic E-state index is 0.120. The molecule has 6 nitrogen and oxygen atoms in total. The van der Waals surface area contributed by atoms with Crippen LogP contribution in [-0.4, -0.2) is 28.7 Å². The van der Waals surface area contributed by atoms with E-state index in [1.807, 2.05) is 0 Å². The van der Waals surface area contributed by atoms with Gasteiger partial charge in [0.05, 0.1) is 38.8 Å². The summed E-state index contributed by atoms with van der Waals surface area (Å²) in [6.45, 7) is 14.2. The maximum absolute atomic E-state index is 5.80. The highest BCUT2D eigenvalue weighted by molar-refractivity contribution is 6.14. The number of hydrogen-bond acceptors (Lipinski definition) is 3. The van der Waals surface area contributed by atoms with Crippen LogP contribution in [0.3, 0.4) is 0 Å². The zero-order valence-electron chi connectivity index (χ0n) is 56.4. The van der Waals surface area contributed by atoms with Crippen LogP contribution in [0.4, 0.5) is 0 Å². The van der Waals surface area contributed by atoms with Gasteiger partial charge in [-0.15, -0.1) is 0 Å². The summed E-state index contributed by atoms with van der Waals surface area (Å²) < 4.78 is 7.05. The number of hydrogen-bond donors (Lipinski definition) is 0. The molecule has 0 unspecified atom stereocenters. The molecule has 4 aromatic heterocycles. The van der Waals surface area contributed by atoms with E-state index < -0.39 is 0 Å². The Hall–Kier alpha value is -12.3. The van der Waals surface area contributed by atoms with Gasteiger partial charge in [-0.3, -0.25) is 9.13 Å². The van der Waals surface area contributed by atoms with Gasteiger partial charge in [0.1, 0.15) is 0 Å². The number of aromatic nitrogens is 6. The summed E-state index contributed by atoms with van der Waals surface area (Å²) in [6.07, 6.45) is 0. The first kappa shape index (κ1) is 56.9. The average molecular weight is 1280 g/mol. The van der Waals surface area contributed by atoms with Gasteiger partial charge in [0.2, 0.25) is 11.9 Å². The quantitative estimate of drug-likeness (QED) is 0.160. The molecule has 3 aliphatic carbocycles. The van der Waals surface area contributed by atoms with Crippen molar-refractivity contribution in [1.82, 2.24) is 28.7 Å². The third-order valence-electron chi connectivity index (χ3n) is 23.2. The van der Waals surface area contributed by atoms with Crippen molar-refractivity contribution in [2.24, 2.45) is 0 Å². The molecule has 472 valence electrons. The molecule has 0 radical (unpaired) electrons. The molecule has 6 heteroatoms. The normalized spacial score (nSPS) is 14.3. The maximum Gasteiger partial charge on any atom is 0.240 e. The second kappa shape index (κ2) is 20.4. The predicted molar refractivity (Wildman–Crippen MR) is 415 cm³/mol. The Morgan fingerprint density at radius 3 is 0.910 bits per heavy atom. The predicted octanol–water partition coefficient (Wildman–Crippen LogP) is 23.9. The highest BCUT2D eigenvalue weighted by Gasteiger charge is 2.38. The van der Waals surface area contributed by atoms with E-state index in [-0.39, 0.29) is 16.2 Å². The fraction of sp³-hybridized carbons (Fsp3) is 0.0957. The lowest BCUT2D eigenvalue weighted by atomic mass is 9.81. The molecule has 0 spiro atoms. The summed E-state index contributed by atoms with van der Waals surface area (Å²) in [6, 6.07) is 108. The van der Waals surface area contributed by atoms with E-state index in [1.54, 1.807) is 0 Å². The van der Waals surface area contributed by atoms with Gasteiger partial charge in [-0.25, -0.2) is 0 Å². The summed E-state index contributed by atoms with van der Waals surface area (Å²) in [5, 5.41) is 9.00. The Labute approximate surface area is 579 Å².